The van der Waals surface area contributed by atoms with Crippen LogP contribution in [-0.4, -0.2) is 17.7 Å². The lowest BCUT2D eigenvalue weighted by Gasteiger charge is -2.26. The first-order valence-corrected chi connectivity index (χ1v) is 8.18. The minimum Gasteiger partial charge on any atom is -0.444 e. The van der Waals surface area contributed by atoms with Crippen LogP contribution in [0, 0.1) is 11.8 Å². The van der Waals surface area contributed by atoms with Gasteiger partial charge >= 0.3 is 6.09 Å². The lowest BCUT2D eigenvalue weighted by molar-refractivity contribution is 0.0479. The number of benzene rings is 1. The van der Waals surface area contributed by atoms with E-state index in [0.717, 1.165) is 18.5 Å². The standard InChI is InChI=1S/C18H26N2O2/c1-18(2,3)22-17(21)20-16-12-4-5-13(16)9-14-10-15(19)7-6-11(14)8-12/h6-7,10,12-13,16H,4-5,8-9,19H2,1-3H3,(H,20,21)/t12-,13+,16+/m0/s1. The van der Waals surface area contributed by atoms with Crippen molar-refractivity contribution in [1.82, 2.24) is 5.32 Å². The number of alkyl carbamates (subject to hydrolysis) is 1. The van der Waals surface area contributed by atoms with Crippen molar-refractivity contribution in [3.63, 3.8) is 0 Å². The molecule has 2 bridgehead atoms. The van der Waals surface area contributed by atoms with E-state index >= 15 is 0 Å². The second-order valence-electron chi connectivity index (χ2n) is 7.71. The minimum atomic E-state index is -0.453. The van der Waals surface area contributed by atoms with Gasteiger partial charge in [0.05, 0.1) is 0 Å². The summed E-state index contributed by atoms with van der Waals surface area (Å²) in [5.41, 5.74) is 9.04. The fourth-order valence-corrected chi connectivity index (χ4v) is 3.91. The number of nitrogen functional groups attached to an aromatic ring is 1. The molecule has 0 heterocycles. The molecule has 1 aromatic carbocycles. The van der Waals surface area contributed by atoms with Gasteiger partial charge in [-0.3, -0.25) is 0 Å². The molecular formula is C18H26N2O2. The Balaban J connectivity index is 1.75. The molecule has 3 rings (SSSR count). The summed E-state index contributed by atoms with van der Waals surface area (Å²) in [6.07, 6.45) is 4.07. The fraction of sp³-hybridized carbons (Fsp3) is 0.611. The molecule has 0 aromatic heterocycles. The van der Waals surface area contributed by atoms with Gasteiger partial charge in [0, 0.05) is 11.7 Å². The molecule has 0 aliphatic heterocycles. The van der Waals surface area contributed by atoms with Crippen LogP contribution in [0.25, 0.3) is 0 Å². The largest absolute Gasteiger partial charge is 0.444 e. The molecule has 1 fully saturated rings. The number of ether oxygens (including phenoxy) is 1. The highest BCUT2D eigenvalue weighted by molar-refractivity contribution is 5.68. The Morgan fingerprint density at radius 1 is 1.18 bits per heavy atom. The average Bonchev–Trinajstić information content (AvgIpc) is 2.64. The Morgan fingerprint density at radius 2 is 1.82 bits per heavy atom. The second-order valence-corrected chi connectivity index (χ2v) is 7.71. The minimum absolute atomic E-state index is 0.212. The van der Waals surface area contributed by atoms with Crippen LogP contribution in [0.2, 0.25) is 0 Å². The number of nitrogens with one attached hydrogen (secondary N) is 1. The number of fused-ring (bicyclic) bond motifs is 3. The second kappa shape index (κ2) is 5.49. The summed E-state index contributed by atoms with van der Waals surface area (Å²) in [5.74, 6) is 0.989. The molecule has 1 amide bonds. The molecule has 0 spiro atoms. The zero-order valence-corrected chi connectivity index (χ0v) is 13.7. The Bertz CT molecular complexity index is 577. The molecule has 0 unspecified atom stereocenters. The third kappa shape index (κ3) is 3.21. The van der Waals surface area contributed by atoms with Gasteiger partial charge in [0.1, 0.15) is 5.60 Å². The van der Waals surface area contributed by atoms with Crippen molar-refractivity contribution in [2.75, 3.05) is 5.73 Å². The molecule has 2 aliphatic carbocycles. The van der Waals surface area contributed by atoms with E-state index in [1.807, 2.05) is 26.8 Å². The van der Waals surface area contributed by atoms with Crippen molar-refractivity contribution in [3.8, 4) is 0 Å². The maximum atomic E-state index is 12.1. The maximum absolute atomic E-state index is 12.1. The summed E-state index contributed by atoms with van der Waals surface area (Å²) >= 11 is 0. The van der Waals surface area contributed by atoms with Crippen molar-refractivity contribution >= 4 is 11.8 Å². The predicted molar refractivity (Wildman–Crippen MR) is 87.6 cm³/mol. The molecule has 120 valence electrons. The summed E-state index contributed by atoms with van der Waals surface area (Å²) in [6.45, 7) is 5.69. The van der Waals surface area contributed by atoms with Crippen LogP contribution in [0.4, 0.5) is 10.5 Å². The molecule has 4 heteroatoms. The van der Waals surface area contributed by atoms with E-state index in [1.54, 1.807) is 0 Å². The molecule has 1 saturated carbocycles. The molecule has 2 aliphatic rings. The van der Waals surface area contributed by atoms with Gasteiger partial charge in [0.25, 0.3) is 0 Å². The molecular weight excluding hydrogens is 276 g/mol. The maximum Gasteiger partial charge on any atom is 0.407 e. The summed E-state index contributed by atoms with van der Waals surface area (Å²) < 4.78 is 5.43. The number of anilines is 1. The van der Waals surface area contributed by atoms with Crippen LogP contribution >= 0.6 is 0 Å². The highest BCUT2D eigenvalue weighted by Gasteiger charge is 2.40. The first-order chi connectivity index (χ1) is 10.3. The normalized spacial score (nSPS) is 27.0. The van der Waals surface area contributed by atoms with Gasteiger partial charge in [-0.2, -0.15) is 0 Å². The number of carbonyl (C=O) groups is 1. The van der Waals surface area contributed by atoms with E-state index < -0.39 is 5.60 Å². The first-order valence-electron chi connectivity index (χ1n) is 8.18. The lowest BCUT2D eigenvalue weighted by atomic mass is 9.93. The van der Waals surface area contributed by atoms with Crippen LogP contribution in [0.1, 0.15) is 44.7 Å². The topological polar surface area (TPSA) is 64.3 Å². The molecule has 4 nitrogen and oxygen atoms in total. The van der Waals surface area contributed by atoms with E-state index in [2.05, 4.69) is 17.4 Å². The summed E-state index contributed by atoms with van der Waals surface area (Å²) in [6, 6.07) is 6.44. The van der Waals surface area contributed by atoms with Crippen LogP contribution in [0.5, 0.6) is 0 Å². The zero-order chi connectivity index (χ0) is 15.9. The van der Waals surface area contributed by atoms with Gasteiger partial charge < -0.3 is 15.8 Å². The highest BCUT2D eigenvalue weighted by atomic mass is 16.6. The van der Waals surface area contributed by atoms with Crippen molar-refractivity contribution in [1.29, 1.82) is 0 Å². The van der Waals surface area contributed by atoms with Gasteiger partial charge in [-0.15, -0.1) is 0 Å². The Labute approximate surface area is 132 Å². The van der Waals surface area contributed by atoms with Crippen molar-refractivity contribution in [2.45, 2.75) is 58.1 Å². The van der Waals surface area contributed by atoms with E-state index in [9.17, 15) is 4.79 Å². The van der Waals surface area contributed by atoms with Crippen LogP contribution < -0.4 is 11.1 Å². The molecule has 3 atom stereocenters. The number of amides is 1. The quantitative estimate of drug-likeness (QED) is 0.782. The zero-order valence-electron chi connectivity index (χ0n) is 13.7. The molecule has 0 saturated heterocycles. The number of nitrogens with two attached hydrogens (primary N) is 1. The number of hydrogen-bond donors (Lipinski definition) is 2. The van der Waals surface area contributed by atoms with Crippen molar-refractivity contribution in [3.05, 3.63) is 29.3 Å². The average molecular weight is 302 g/mol. The third-order valence-electron chi connectivity index (χ3n) is 4.80. The number of carbonyl (C=O) groups excluding carboxylic acids is 1. The molecule has 3 N–H and O–H groups in total. The van der Waals surface area contributed by atoms with E-state index in [4.69, 9.17) is 10.5 Å². The predicted octanol–water partition coefficient (Wildman–Crippen LogP) is 3.29. The molecule has 22 heavy (non-hydrogen) atoms. The Hall–Kier alpha value is -1.71. The van der Waals surface area contributed by atoms with Gasteiger partial charge in [-0.25, -0.2) is 4.79 Å². The van der Waals surface area contributed by atoms with E-state index in [0.29, 0.717) is 11.8 Å². The van der Waals surface area contributed by atoms with Gasteiger partial charge in [0.15, 0.2) is 0 Å². The number of hydrogen-bond acceptors (Lipinski definition) is 3. The Morgan fingerprint density at radius 3 is 2.45 bits per heavy atom. The number of rotatable bonds is 1. The fourth-order valence-electron chi connectivity index (χ4n) is 3.91. The van der Waals surface area contributed by atoms with Crippen molar-refractivity contribution < 1.29 is 9.53 Å². The van der Waals surface area contributed by atoms with Gasteiger partial charge in [-0.05, 0) is 81.5 Å². The van der Waals surface area contributed by atoms with Crippen LogP contribution in [0.15, 0.2) is 18.2 Å². The molecule has 1 aromatic rings. The van der Waals surface area contributed by atoms with Crippen molar-refractivity contribution in [2.24, 2.45) is 11.8 Å². The van der Waals surface area contributed by atoms with E-state index in [1.165, 1.54) is 24.0 Å². The summed E-state index contributed by atoms with van der Waals surface area (Å²) in [7, 11) is 0. The lowest BCUT2D eigenvalue weighted by Crippen LogP contribution is -2.44. The third-order valence-corrected chi connectivity index (χ3v) is 4.80. The summed E-state index contributed by atoms with van der Waals surface area (Å²) in [5, 5.41) is 3.13. The smallest absolute Gasteiger partial charge is 0.407 e. The van der Waals surface area contributed by atoms with E-state index in [-0.39, 0.29) is 12.1 Å². The SMILES string of the molecule is CC(C)(C)OC(=O)N[C@H]1[C@@H]2CC[C@H]1Cc1ccc(N)cc1C2. The molecule has 0 radical (unpaired) electrons. The first kappa shape index (κ1) is 15.2. The summed E-state index contributed by atoms with van der Waals surface area (Å²) in [4.78, 5) is 12.1. The monoisotopic (exact) mass is 302 g/mol. The van der Waals surface area contributed by atoms with Crippen LogP contribution in [-0.2, 0) is 17.6 Å². The van der Waals surface area contributed by atoms with Gasteiger partial charge in [0.2, 0.25) is 0 Å². The van der Waals surface area contributed by atoms with Gasteiger partial charge in [-0.1, -0.05) is 6.07 Å². The Kier molecular flexibility index (Phi) is 3.79. The van der Waals surface area contributed by atoms with Crippen LogP contribution in [0.3, 0.4) is 0 Å². The highest BCUT2D eigenvalue weighted by Crippen LogP contribution is 2.40.